The molecule has 0 spiro atoms. The first-order chi connectivity index (χ1) is 11.0. The predicted molar refractivity (Wildman–Crippen MR) is 89.2 cm³/mol. The van der Waals surface area contributed by atoms with Crippen LogP contribution < -0.4 is 15.4 Å². The Balaban J connectivity index is 1.81. The summed E-state index contributed by atoms with van der Waals surface area (Å²) >= 11 is 0. The van der Waals surface area contributed by atoms with E-state index >= 15 is 0 Å². The molecule has 5 heteroatoms. The predicted octanol–water partition coefficient (Wildman–Crippen LogP) is 1.91. The van der Waals surface area contributed by atoms with Gasteiger partial charge in [0.15, 0.2) is 0 Å². The lowest BCUT2D eigenvalue weighted by Gasteiger charge is -2.16. The summed E-state index contributed by atoms with van der Waals surface area (Å²) < 4.78 is 5.18. The monoisotopic (exact) mass is 318 g/mol. The first-order valence-electron chi connectivity index (χ1n) is 8.17. The highest BCUT2D eigenvalue weighted by Crippen LogP contribution is 2.46. The second-order valence-corrected chi connectivity index (χ2v) is 6.54. The SMILES string of the molecule is COc1cccc(CCNC(=O)C2(C(=O)NCC(C)C)CC2)c1. The van der Waals surface area contributed by atoms with Crippen molar-refractivity contribution in [2.75, 3.05) is 20.2 Å². The molecule has 1 aromatic carbocycles. The number of carbonyl (C=O) groups is 2. The Hall–Kier alpha value is -2.04. The van der Waals surface area contributed by atoms with Gasteiger partial charge in [0.05, 0.1) is 7.11 Å². The van der Waals surface area contributed by atoms with Crippen LogP contribution in [0.25, 0.3) is 0 Å². The molecular weight excluding hydrogens is 292 g/mol. The highest BCUT2D eigenvalue weighted by molar-refractivity contribution is 6.07. The van der Waals surface area contributed by atoms with Gasteiger partial charge in [0, 0.05) is 13.1 Å². The van der Waals surface area contributed by atoms with Gasteiger partial charge in [-0.25, -0.2) is 0 Å². The molecular formula is C18H26N2O3. The number of amides is 2. The van der Waals surface area contributed by atoms with Crippen molar-refractivity contribution in [1.82, 2.24) is 10.6 Å². The largest absolute Gasteiger partial charge is 0.497 e. The Labute approximate surface area is 137 Å². The third-order valence-electron chi connectivity index (χ3n) is 4.12. The van der Waals surface area contributed by atoms with Gasteiger partial charge < -0.3 is 15.4 Å². The van der Waals surface area contributed by atoms with Crippen molar-refractivity contribution in [3.8, 4) is 5.75 Å². The number of rotatable bonds is 8. The van der Waals surface area contributed by atoms with Gasteiger partial charge in [-0.15, -0.1) is 0 Å². The van der Waals surface area contributed by atoms with Crippen LogP contribution in [0, 0.1) is 11.3 Å². The molecule has 1 fully saturated rings. The zero-order valence-electron chi connectivity index (χ0n) is 14.1. The zero-order valence-corrected chi connectivity index (χ0v) is 14.1. The van der Waals surface area contributed by atoms with Crippen molar-refractivity contribution in [2.45, 2.75) is 33.1 Å². The van der Waals surface area contributed by atoms with Crippen LogP contribution in [0.3, 0.4) is 0 Å². The highest BCUT2D eigenvalue weighted by atomic mass is 16.5. The highest BCUT2D eigenvalue weighted by Gasteiger charge is 2.56. The summed E-state index contributed by atoms with van der Waals surface area (Å²) in [6, 6.07) is 7.77. The summed E-state index contributed by atoms with van der Waals surface area (Å²) in [7, 11) is 1.63. The standard InChI is InChI=1S/C18H26N2O3/c1-13(2)12-20-17(22)18(8-9-18)16(21)19-10-7-14-5-4-6-15(11-14)23-3/h4-6,11,13H,7-10,12H2,1-3H3,(H,19,21)(H,20,22). The van der Waals surface area contributed by atoms with E-state index in [1.165, 1.54) is 0 Å². The van der Waals surface area contributed by atoms with Crippen LogP contribution in [-0.2, 0) is 16.0 Å². The smallest absolute Gasteiger partial charge is 0.235 e. The Morgan fingerprint density at radius 1 is 1.22 bits per heavy atom. The van der Waals surface area contributed by atoms with Gasteiger partial charge in [-0.1, -0.05) is 26.0 Å². The molecule has 2 N–H and O–H groups in total. The van der Waals surface area contributed by atoms with E-state index in [0.29, 0.717) is 38.3 Å². The molecule has 5 nitrogen and oxygen atoms in total. The van der Waals surface area contributed by atoms with Crippen LogP contribution >= 0.6 is 0 Å². The summed E-state index contributed by atoms with van der Waals surface area (Å²) in [6.07, 6.45) is 2.00. The van der Waals surface area contributed by atoms with Crippen LogP contribution in [0.15, 0.2) is 24.3 Å². The van der Waals surface area contributed by atoms with Crippen LogP contribution in [0.1, 0.15) is 32.3 Å². The Morgan fingerprint density at radius 2 is 1.91 bits per heavy atom. The molecule has 0 unspecified atom stereocenters. The van der Waals surface area contributed by atoms with Crippen LogP contribution in [-0.4, -0.2) is 32.0 Å². The number of carbonyl (C=O) groups excluding carboxylic acids is 2. The molecule has 0 aliphatic heterocycles. The lowest BCUT2D eigenvalue weighted by molar-refractivity contribution is -0.137. The summed E-state index contributed by atoms with van der Waals surface area (Å²) in [5, 5.41) is 5.77. The molecule has 0 bridgehead atoms. The summed E-state index contributed by atoms with van der Waals surface area (Å²) in [4.78, 5) is 24.5. The van der Waals surface area contributed by atoms with Crippen molar-refractivity contribution in [3.05, 3.63) is 29.8 Å². The van der Waals surface area contributed by atoms with Gasteiger partial charge in [-0.2, -0.15) is 0 Å². The number of ether oxygens (including phenoxy) is 1. The van der Waals surface area contributed by atoms with E-state index < -0.39 is 5.41 Å². The molecule has 23 heavy (non-hydrogen) atoms. The summed E-state index contributed by atoms with van der Waals surface area (Å²) in [6.45, 7) is 5.20. The molecule has 0 radical (unpaired) electrons. The Morgan fingerprint density at radius 3 is 2.52 bits per heavy atom. The topological polar surface area (TPSA) is 67.4 Å². The molecule has 1 aromatic rings. The second-order valence-electron chi connectivity index (χ2n) is 6.54. The summed E-state index contributed by atoms with van der Waals surface area (Å²) in [5.41, 5.74) is 0.266. The van der Waals surface area contributed by atoms with Crippen LogP contribution in [0.5, 0.6) is 5.75 Å². The molecule has 1 saturated carbocycles. The van der Waals surface area contributed by atoms with E-state index in [4.69, 9.17) is 4.74 Å². The van der Waals surface area contributed by atoms with Crippen molar-refractivity contribution in [2.24, 2.45) is 11.3 Å². The minimum Gasteiger partial charge on any atom is -0.497 e. The number of hydrogen-bond acceptors (Lipinski definition) is 3. The molecule has 0 atom stereocenters. The van der Waals surface area contributed by atoms with Gasteiger partial charge in [0.1, 0.15) is 11.2 Å². The number of benzene rings is 1. The molecule has 0 saturated heterocycles. The quantitative estimate of drug-likeness (QED) is 0.720. The average molecular weight is 318 g/mol. The number of methoxy groups -OCH3 is 1. The van der Waals surface area contributed by atoms with E-state index in [2.05, 4.69) is 10.6 Å². The minimum absolute atomic E-state index is 0.134. The van der Waals surface area contributed by atoms with Gasteiger partial charge in [-0.05, 0) is 42.9 Å². The zero-order chi connectivity index (χ0) is 16.9. The van der Waals surface area contributed by atoms with Gasteiger partial charge in [-0.3, -0.25) is 9.59 Å². The first kappa shape index (κ1) is 17.3. The maximum Gasteiger partial charge on any atom is 0.235 e. The first-order valence-corrected chi connectivity index (χ1v) is 8.17. The lowest BCUT2D eigenvalue weighted by Crippen LogP contribution is -2.44. The maximum absolute atomic E-state index is 12.3. The van der Waals surface area contributed by atoms with Crippen LogP contribution in [0.4, 0.5) is 0 Å². The van der Waals surface area contributed by atoms with Gasteiger partial charge in [0.2, 0.25) is 11.8 Å². The van der Waals surface area contributed by atoms with Gasteiger partial charge >= 0.3 is 0 Å². The van der Waals surface area contributed by atoms with E-state index in [1.807, 2.05) is 38.1 Å². The third-order valence-corrected chi connectivity index (χ3v) is 4.12. The minimum atomic E-state index is -0.830. The summed E-state index contributed by atoms with van der Waals surface area (Å²) in [5.74, 6) is 0.901. The molecule has 0 heterocycles. The fourth-order valence-corrected chi connectivity index (χ4v) is 2.47. The van der Waals surface area contributed by atoms with E-state index in [9.17, 15) is 9.59 Å². The van der Waals surface area contributed by atoms with Crippen molar-refractivity contribution in [1.29, 1.82) is 0 Å². The average Bonchev–Trinajstić information content (AvgIpc) is 3.34. The molecule has 0 aromatic heterocycles. The van der Waals surface area contributed by atoms with E-state index in [-0.39, 0.29) is 11.8 Å². The van der Waals surface area contributed by atoms with Crippen molar-refractivity contribution >= 4 is 11.8 Å². The van der Waals surface area contributed by atoms with E-state index in [1.54, 1.807) is 7.11 Å². The Kier molecular flexibility index (Phi) is 5.64. The molecule has 1 aliphatic rings. The molecule has 1 aliphatic carbocycles. The third kappa shape index (κ3) is 4.47. The van der Waals surface area contributed by atoms with E-state index in [0.717, 1.165) is 11.3 Å². The van der Waals surface area contributed by atoms with Crippen molar-refractivity contribution < 1.29 is 14.3 Å². The number of nitrogens with one attached hydrogen (secondary N) is 2. The number of hydrogen-bond donors (Lipinski definition) is 2. The van der Waals surface area contributed by atoms with Crippen molar-refractivity contribution in [3.63, 3.8) is 0 Å². The normalized spacial score (nSPS) is 15.1. The molecule has 2 amide bonds. The lowest BCUT2D eigenvalue weighted by atomic mass is 10.0. The fraction of sp³-hybridized carbons (Fsp3) is 0.556. The molecule has 2 rings (SSSR count). The van der Waals surface area contributed by atoms with Crippen LogP contribution in [0.2, 0.25) is 0 Å². The van der Waals surface area contributed by atoms with Gasteiger partial charge in [0.25, 0.3) is 0 Å². The molecule has 126 valence electrons. The fourth-order valence-electron chi connectivity index (χ4n) is 2.47. The second kappa shape index (κ2) is 7.49. The maximum atomic E-state index is 12.3. The Bertz CT molecular complexity index is 565.